The molecular weight excluding hydrogens is 228 g/mol. The van der Waals surface area contributed by atoms with Gasteiger partial charge in [0.15, 0.2) is 0 Å². The molecule has 0 aromatic heterocycles. The van der Waals surface area contributed by atoms with Gasteiger partial charge in [-0.1, -0.05) is 6.42 Å². The quantitative estimate of drug-likeness (QED) is 0.817. The highest BCUT2D eigenvalue weighted by molar-refractivity contribution is 5.78. The number of nitrogens with zero attached hydrogens (tertiary/aromatic N) is 2. The Morgan fingerprint density at radius 3 is 2.44 bits per heavy atom. The Balaban J connectivity index is 1.82. The van der Waals surface area contributed by atoms with E-state index in [0.717, 1.165) is 19.6 Å². The highest BCUT2D eigenvalue weighted by Gasteiger charge is 2.30. The maximum Gasteiger partial charge on any atom is 0.223 e. The first-order chi connectivity index (χ1) is 8.61. The summed E-state index contributed by atoms with van der Waals surface area (Å²) in [4.78, 5) is 16.2. The number of piperidine rings is 1. The predicted octanol–water partition coefficient (Wildman–Crippen LogP) is 1.09. The molecule has 2 rings (SSSR count). The number of hydrogen-bond acceptors (Lipinski definition) is 3. The molecule has 2 saturated heterocycles. The molecule has 2 fully saturated rings. The molecule has 18 heavy (non-hydrogen) atoms. The smallest absolute Gasteiger partial charge is 0.223 e. The molecule has 0 aromatic carbocycles. The first kappa shape index (κ1) is 13.8. The molecule has 104 valence electrons. The fourth-order valence-electron chi connectivity index (χ4n) is 3.34. The van der Waals surface area contributed by atoms with Crippen molar-refractivity contribution in [1.82, 2.24) is 9.80 Å². The maximum absolute atomic E-state index is 11.8. The van der Waals surface area contributed by atoms with Crippen LogP contribution >= 0.6 is 0 Å². The summed E-state index contributed by atoms with van der Waals surface area (Å²) in [6.45, 7) is 7.26. The number of carbonyl (C=O) groups is 1. The van der Waals surface area contributed by atoms with Crippen LogP contribution in [0, 0.1) is 5.92 Å². The second kappa shape index (κ2) is 6.02. The summed E-state index contributed by atoms with van der Waals surface area (Å²) in [6, 6.07) is 1.28. The lowest BCUT2D eigenvalue weighted by Crippen LogP contribution is -2.47. The van der Waals surface area contributed by atoms with Crippen LogP contribution in [0.2, 0.25) is 0 Å². The van der Waals surface area contributed by atoms with Crippen molar-refractivity contribution < 1.29 is 9.90 Å². The van der Waals surface area contributed by atoms with E-state index in [0.29, 0.717) is 18.5 Å². The van der Waals surface area contributed by atoms with Gasteiger partial charge in [-0.05, 0) is 26.7 Å². The van der Waals surface area contributed by atoms with Gasteiger partial charge in [-0.15, -0.1) is 0 Å². The molecule has 0 aliphatic carbocycles. The van der Waals surface area contributed by atoms with Gasteiger partial charge >= 0.3 is 0 Å². The van der Waals surface area contributed by atoms with E-state index >= 15 is 0 Å². The van der Waals surface area contributed by atoms with Crippen LogP contribution in [0.1, 0.15) is 39.5 Å². The second-order valence-electron chi connectivity index (χ2n) is 5.96. The Morgan fingerprint density at radius 2 is 1.89 bits per heavy atom. The van der Waals surface area contributed by atoms with Gasteiger partial charge in [0.1, 0.15) is 0 Å². The number of amides is 1. The van der Waals surface area contributed by atoms with E-state index in [1.54, 1.807) is 0 Å². The van der Waals surface area contributed by atoms with Crippen molar-refractivity contribution in [3.8, 4) is 0 Å². The Hall–Kier alpha value is -0.610. The van der Waals surface area contributed by atoms with E-state index < -0.39 is 0 Å². The highest BCUT2D eigenvalue weighted by atomic mass is 16.3. The maximum atomic E-state index is 11.8. The minimum Gasteiger partial charge on any atom is -0.396 e. The molecule has 0 aromatic rings. The van der Waals surface area contributed by atoms with E-state index in [4.69, 9.17) is 5.11 Å². The van der Waals surface area contributed by atoms with Crippen molar-refractivity contribution in [3.05, 3.63) is 0 Å². The summed E-state index contributed by atoms with van der Waals surface area (Å²) in [5, 5.41) is 9.11. The number of likely N-dealkylation sites (tertiary alicyclic amines) is 2. The normalized spacial score (nSPS) is 34.3. The lowest BCUT2D eigenvalue weighted by molar-refractivity contribution is -0.128. The number of aliphatic hydroxyl groups excluding tert-OH is 1. The number of hydrogen-bond donors (Lipinski definition) is 1. The highest BCUT2D eigenvalue weighted by Crippen LogP contribution is 2.23. The molecule has 0 saturated carbocycles. The standard InChI is InChI=1S/C14H26N2O2/c1-11-4-3-5-12(2)16(11)7-6-15-9-13(10-17)8-14(15)18/h11-13,17H,3-10H2,1-2H3. The zero-order valence-corrected chi connectivity index (χ0v) is 11.6. The molecule has 0 radical (unpaired) electrons. The van der Waals surface area contributed by atoms with Crippen LogP contribution < -0.4 is 0 Å². The van der Waals surface area contributed by atoms with Crippen molar-refractivity contribution in [2.45, 2.75) is 51.6 Å². The molecule has 0 spiro atoms. The zero-order valence-electron chi connectivity index (χ0n) is 11.6. The summed E-state index contributed by atoms with van der Waals surface area (Å²) in [6.07, 6.45) is 4.41. The van der Waals surface area contributed by atoms with Crippen LogP contribution in [0.25, 0.3) is 0 Å². The third-order valence-electron chi connectivity index (χ3n) is 4.56. The van der Waals surface area contributed by atoms with Crippen molar-refractivity contribution in [2.24, 2.45) is 5.92 Å². The van der Waals surface area contributed by atoms with Gasteiger partial charge in [0, 0.05) is 50.7 Å². The molecule has 4 nitrogen and oxygen atoms in total. The lowest BCUT2D eigenvalue weighted by atomic mass is 9.97. The number of aliphatic hydroxyl groups is 1. The molecule has 2 aliphatic rings. The van der Waals surface area contributed by atoms with Crippen molar-refractivity contribution in [3.63, 3.8) is 0 Å². The first-order valence-electron chi connectivity index (χ1n) is 7.26. The van der Waals surface area contributed by atoms with E-state index in [1.165, 1.54) is 19.3 Å². The summed E-state index contributed by atoms with van der Waals surface area (Å²) in [5.74, 6) is 0.375. The van der Waals surface area contributed by atoms with Crippen LogP contribution in [-0.4, -0.2) is 59.1 Å². The molecule has 1 amide bonds. The molecule has 0 bridgehead atoms. The Kier molecular flexibility index (Phi) is 4.62. The van der Waals surface area contributed by atoms with Gasteiger partial charge < -0.3 is 10.0 Å². The Labute approximate surface area is 110 Å². The average molecular weight is 254 g/mol. The minimum absolute atomic E-state index is 0.138. The lowest BCUT2D eigenvalue weighted by Gasteiger charge is -2.39. The van der Waals surface area contributed by atoms with Gasteiger partial charge in [-0.2, -0.15) is 0 Å². The molecular formula is C14H26N2O2. The van der Waals surface area contributed by atoms with Crippen molar-refractivity contribution >= 4 is 5.91 Å². The van der Waals surface area contributed by atoms with E-state index in [2.05, 4.69) is 18.7 Å². The molecule has 3 atom stereocenters. The largest absolute Gasteiger partial charge is 0.396 e. The molecule has 3 unspecified atom stereocenters. The number of rotatable bonds is 4. The molecule has 1 N–H and O–H groups in total. The van der Waals surface area contributed by atoms with Gasteiger partial charge in [-0.3, -0.25) is 9.69 Å². The molecule has 2 aliphatic heterocycles. The van der Waals surface area contributed by atoms with E-state index in [9.17, 15) is 4.79 Å². The van der Waals surface area contributed by atoms with Gasteiger partial charge in [0.05, 0.1) is 0 Å². The molecule has 4 heteroatoms. The van der Waals surface area contributed by atoms with Crippen LogP contribution in [-0.2, 0) is 4.79 Å². The van der Waals surface area contributed by atoms with Gasteiger partial charge in [0.2, 0.25) is 5.91 Å². The molecule has 2 heterocycles. The van der Waals surface area contributed by atoms with Crippen LogP contribution in [0.5, 0.6) is 0 Å². The first-order valence-corrected chi connectivity index (χ1v) is 7.26. The minimum atomic E-state index is 0.138. The predicted molar refractivity (Wildman–Crippen MR) is 71.3 cm³/mol. The Bertz CT molecular complexity index is 286. The van der Waals surface area contributed by atoms with Crippen molar-refractivity contribution in [2.75, 3.05) is 26.2 Å². The van der Waals surface area contributed by atoms with Gasteiger partial charge in [0.25, 0.3) is 0 Å². The fraction of sp³-hybridized carbons (Fsp3) is 0.929. The monoisotopic (exact) mass is 254 g/mol. The van der Waals surface area contributed by atoms with Crippen molar-refractivity contribution in [1.29, 1.82) is 0 Å². The van der Waals surface area contributed by atoms with Crippen LogP contribution in [0.3, 0.4) is 0 Å². The topological polar surface area (TPSA) is 43.8 Å². The van der Waals surface area contributed by atoms with Gasteiger partial charge in [-0.25, -0.2) is 0 Å². The summed E-state index contributed by atoms with van der Waals surface area (Å²) >= 11 is 0. The summed E-state index contributed by atoms with van der Waals surface area (Å²) in [7, 11) is 0. The fourth-order valence-corrected chi connectivity index (χ4v) is 3.34. The average Bonchev–Trinajstić information content (AvgIpc) is 2.70. The number of carbonyl (C=O) groups excluding carboxylic acids is 1. The van der Waals surface area contributed by atoms with E-state index in [1.807, 2.05) is 4.90 Å². The zero-order chi connectivity index (χ0) is 13.1. The SMILES string of the molecule is CC1CCCC(C)N1CCN1CC(CO)CC1=O. The van der Waals surface area contributed by atoms with Crippen LogP contribution in [0.15, 0.2) is 0 Å². The summed E-state index contributed by atoms with van der Waals surface area (Å²) in [5.41, 5.74) is 0. The third kappa shape index (κ3) is 3.04. The third-order valence-corrected chi connectivity index (χ3v) is 4.56. The Morgan fingerprint density at radius 1 is 1.22 bits per heavy atom. The summed E-state index contributed by atoms with van der Waals surface area (Å²) < 4.78 is 0. The van der Waals surface area contributed by atoms with E-state index in [-0.39, 0.29) is 18.4 Å². The van der Waals surface area contributed by atoms with Crippen LogP contribution in [0.4, 0.5) is 0 Å². The second-order valence-corrected chi connectivity index (χ2v) is 5.96.